The van der Waals surface area contributed by atoms with Gasteiger partial charge in [0, 0.05) is 19.0 Å². The summed E-state index contributed by atoms with van der Waals surface area (Å²) in [5, 5.41) is 2.92. The van der Waals surface area contributed by atoms with Crippen LogP contribution in [0.25, 0.3) is 0 Å². The summed E-state index contributed by atoms with van der Waals surface area (Å²) in [4.78, 5) is 24.7. The van der Waals surface area contributed by atoms with Crippen molar-refractivity contribution in [2.75, 3.05) is 26.7 Å². The van der Waals surface area contributed by atoms with Crippen LogP contribution in [0.5, 0.6) is 0 Å². The van der Waals surface area contributed by atoms with Crippen LogP contribution in [0.4, 0.5) is 0 Å². The molecule has 1 heterocycles. The van der Waals surface area contributed by atoms with Gasteiger partial charge in [0.2, 0.25) is 5.91 Å². The number of carbonyl (C=O) groups excluding carboxylic acids is 2. The monoisotopic (exact) mass is 228 g/mol. The van der Waals surface area contributed by atoms with Crippen LogP contribution >= 0.6 is 0 Å². The molecule has 0 radical (unpaired) electrons. The molecule has 16 heavy (non-hydrogen) atoms. The molecule has 1 rings (SSSR count). The third-order valence-corrected chi connectivity index (χ3v) is 2.62. The van der Waals surface area contributed by atoms with Crippen molar-refractivity contribution in [3.8, 4) is 0 Å². The highest BCUT2D eigenvalue weighted by Gasteiger charge is 2.21. The van der Waals surface area contributed by atoms with Gasteiger partial charge in [-0.15, -0.1) is 0 Å². The first-order valence-electron chi connectivity index (χ1n) is 5.75. The smallest absolute Gasteiger partial charge is 0.306 e. The minimum Gasteiger partial charge on any atom is -0.466 e. The SMILES string of the molecule is CCOC(=O)CCC(=O)NC1CCN(C)C1. The van der Waals surface area contributed by atoms with E-state index in [0.29, 0.717) is 6.61 Å². The van der Waals surface area contributed by atoms with Crippen molar-refractivity contribution in [1.29, 1.82) is 0 Å². The Labute approximate surface area is 96.1 Å². The number of carbonyl (C=O) groups is 2. The fraction of sp³-hybridized carbons (Fsp3) is 0.818. The highest BCUT2D eigenvalue weighted by atomic mass is 16.5. The Morgan fingerprint density at radius 2 is 2.19 bits per heavy atom. The molecule has 5 nitrogen and oxygen atoms in total. The molecule has 1 atom stereocenters. The summed E-state index contributed by atoms with van der Waals surface area (Å²) in [6.07, 6.45) is 1.38. The summed E-state index contributed by atoms with van der Waals surface area (Å²) < 4.78 is 4.75. The van der Waals surface area contributed by atoms with Gasteiger partial charge in [0.25, 0.3) is 0 Å². The normalized spacial score (nSPS) is 20.8. The number of nitrogens with zero attached hydrogens (tertiary/aromatic N) is 1. The van der Waals surface area contributed by atoms with Crippen molar-refractivity contribution in [2.45, 2.75) is 32.2 Å². The summed E-state index contributed by atoms with van der Waals surface area (Å²) in [6.45, 7) is 4.04. The average Bonchev–Trinajstić information content (AvgIpc) is 2.61. The average molecular weight is 228 g/mol. The van der Waals surface area contributed by atoms with Gasteiger partial charge < -0.3 is 15.0 Å². The van der Waals surface area contributed by atoms with Crippen molar-refractivity contribution in [2.24, 2.45) is 0 Å². The second-order valence-corrected chi connectivity index (χ2v) is 4.12. The minimum absolute atomic E-state index is 0.0617. The highest BCUT2D eigenvalue weighted by molar-refractivity contribution is 5.81. The molecular formula is C11H20N2O3. The predicted octanol–water partition coefficient (Wildman–Crippen LogP) is 0.150. The number of nitrogens with one attached hydrogen (secondary N) is 1. The lowest BCUT2D eigenvalue weighted by atomic mass is 10.2. The number of rotatable bonds is 5. The molecular weight excluding hydrogens is 208 g/mol. The van der Waals surface area contributed by atoms with E-state index in [9.17, 15) is 9.59 Å². The maximum Gasteiger partial charge on any atom is 0.306 e. The molecule has 1 N–H and O–H groups in total. The quantitative estimate of drug-likeness (QED) is 0.680. The Balaban J connectivity index is 2.13. The van der Waals surface area contributed by atoms with Gasteiger partial charge in [-0.2, -0.15) is 0 Å². The van der Waals surface area contributed by atoms with Crippen LogP contribution in [0.2, 0.25) is 0 Å². The van der Waals surface area contributed by atoms with Gasteiger partial charge in [0.05, 0.1) is 13.0 Å². The predicted molar refractivity (Wildman–Crippen MR) is 59.9 cm³/mol. The Bertz CT molecular complexity index is 256. The third kappa shape index (κ3) is 4.61. The number of likely N-dealkylation sites (tertiary alicyclic amines) is 1. The van der Waals surface area contributed by atoms with Gasteiger partial charge in [-0.05, 0) is 26.9 Å². The number of esters is 1. The molecule has 0 saturated carbocycles. The van der Waals surface area contributed by atoms with Crippen LogP contribution in [0.3, 0.4) is 0 Å². The van der Waals surface area contributed by atoms with Crippen molar-refractivity contribution in [3.63, 3.8) is 0 Å². The van der Waals surface area contributed by atoms with Gasteiger partial charge >= 0.3 is 5.97 Å². The van der Waals surface area contributed by atoms with E-state index in [-0.39, 0.29) is 30.8 Å². The van der Waals surface area contributed by atoms with Crippen LogP contribution in [-0.4, -0.2) is 49.6 Å². The maximum absolute atomic E-state index is 11.5. The zero-order valence-corrected chi connectivity index (χ0v) is 9.99. The Morgan fingerprint density at radius 3 is 2.75 bits per heavy atom. The van der Waals surface area contributed by atoms with E-state index in [1.165, 1.54) is 0 Å². The summed E-state index contributed by atoms with van der Waals surface area (Å²) in [5.74, 6) is -0.366. The van der Waals surface area contributed by atoms with E-state index in [1.807, 2.05) is 7.05 Å². The molecule has 0 aromatic rings. The van der Waals surface area contributed by atoms with E-state index in [4.69, 9.17) is 4.74 Å². The van der Waals surface area contributed by atoms with Crippen molar-refractivity contribution in [1.82, 2.24) is 10.2 Å². The van der Waals surface area contributed by atoms with Gasteiger partial charge in [0.1, 0.15) is 0 Å². The van der Waals surface area contributed by atoms with E-state index in [1.54, 1.807) is 6.92 Å². The summed E-state index contributed by atoms with van der Waals surface area (Å²) in [7, 11) is 2.03. The topological polar surface area (TPSA) is 58.6 Å². The van der Waals surface area contributed by atoms with Crippen LogP contribution in [0.15, 0.2) is 0 Å². The van der Waals surface area contributed by atoms with Crippen LogP contribution in [0, 0.1) is 0 Å². The highest BCUT2D eigenvalue weighted by Crippen LogP contribution is 2.06. The summed E-state index contributed by atoms with van der Waals surface area (Å²) >= 11 is 0. The van der Waals surface area contributed by atoms with Gasteiger partial charge in [-0.25, -0.2) is 0 Å². The molecule has 1 aliphatic rings. The largest absolute Gasteiger partial charge is 0.466 e. The van der Waals surface area contributed by atoms with Gasteiger partial charge in [-0.3, -0.25) is 9.59 Å². The van der Waals surface area contributed by atoms with E-state index < -0.39 is 0 Å². The van der Waals surface area contributed by atoms with Crippen LogP contribution in [0.1, 0.15) is 26.2 Å². The second kappa shape index (κ2) is 6.48. The molecule has 5 heteroatoms. The molecule has 0 aromatic carbocycles. The first kappa shape index (κ1) is 13.0. The Kier molecular flexibility index (Phi) is 5.25. The molecule has 0 aromatic heterocycles. The fourth-order valence-electron chi connectivity index (χ4n) is 1.80. The molecule has 1 fully saturated rings. The van der Waals surface area contributed by atoms with E-state index >= 15 is 0 Å². The van der Waals surface area contributed by atoms with Gasteiger partial charge in [-0.1, -0.05) is 0 Å². The summed E-state index contributed by atoms with van der Waals surface area (Å²) in [5.41, 5.74) is 0. The molecule has 0 bridgehead atoms. The maximum atomic E-state index is 11.5. The first-order chi connectivity index (χ1) is 7.61. The Hall–Kier alpha value is -1.10. The zero-order valence-electron chi connectivity index (χ0n) is 9.99. The molecule has 0 spiro atoms. The third-order valence-electron chi connectivity index (χ3n) is 2.62. The van der Waals surface area contributed by atoms with E-state index in [0.717, 1.165) is 19.5 Å². The fourth-order valence-corrected chi connectivity index (χ4v) is 1.80. The minimum atomic E-state index is -0.304. The van der Waals surface area contributed by atoms with Crippen molar-refractivity contribution in [3.05, 3.63) is 0 Å². The lowest BCUT2D eigenvalue weighted by molar-refractivity contribution is -0.144. The Morgan fingerprint density at radius 1 is 1.44 bits per heavy atom. The number of hydrogen-bond acceptors (Lipinski definition) is 4. The number of hydrogen-bond donors (Lipinski definition) is 1. The molecule has 92 valence electrons. The summed E-state index contributed by atoms with van der Waals surface area (Å²) in [6, 6.07) is 0.236. The number of likely N-dealkylation sites (N-methyl/N-ethyl adjacent to an activating group) is 1. The number of amides is 1. The molecule has 1 saturated heterocycles. The van der Waals surface area contributed by atoms with E-state index in [2.05, 4.69) is 10.2 Å². The zero-order chi connectivity index (χ0) is 12.0. The van der Waals surface area contributed by atoms with Crippen molar-refractivity contribution < 1.29 is 14.3 Å². The molecule has 0 aliphatic carbocycles. The molecule has 1 aliphatic heterocycles. The first-order valence-corrected chi connectivity index (χ1v) is 5.75. The molecule has 1 amide bonds. The van der Waals surface area contributed by atoms with Crippen LogP contribution in [-0.2, 0) is 14.3 Å². The number of ether oxygens (including phenoxy) is 1. The van der Waals surface area contributed by atoms with Crippen molar-refractivity contribution >= 4 is 11.9 Å². The van der Waals surface area contributed by atoms with Gasteiger partial charge in [0.15, 0.2) is 0 Å². The van der Waals surface area contributed by atoms with Crippen LogP contribution < -0.4 is 5.32 Å². The lowest BCUT2D eigenvalue weighted by Gasteiger charge is -2.12. The second-order valence-electron chi connectivity index (χ2n) is 4.12. The lowest BCUT2D eigenvalue weighted by Crippen LogP contribution is -2.36. The molecule has 1 unspecified atom stereocenters. The standard InChI is InChI=1S/C11H20N2O3/c1-3-16-11(15)5-4-10(14)12-9-6-7-13(2)8-9/h9H,3-8H2,1-2H3,(H,12,14).